The van der Waals surface area contributed by atoms with E-state index in [1.807, 2.05) is 24.3 Å². The van der Waals surface area contributed by atoms with Crippen LogP contribution in [0.15, 0.2) is 24.3 Å². The van der Waals surface area contributed by atoms with Crippen molar-refractivity contribution in [1.82, 2.24) is 14.6 Å². The molecule has 0 unspecified atom stereocenters. The van der Waals surface area contributed by atoms with Crippen LogP contribution >= 0.6 is 11.3 Å². The molecule has 0 aliphatic carbocycles. The highest BCUT2D eigenvalue weighted by Gasteiger charge is 2.25. The number of methoxy groups -OCH3 is 1. The van der Waals surface area contributed by atoms with Crippen molar-refractivity contribution in [2.24, 2.45) is 0 Å². The van der Waals surface area contributed by atoms with Crippen LogP contribution in [0.25, 0.3) is 15.5 Å². The highest BCUT2D eigenvalue weighted by molar-refractivity contribution is 7.19. The van der Waals surface area contributed by atoms with Crippen LogP contribution in [0.1, 0.15) is 32.2 Å². The average Bonchev–Trinajstić information content (AvgIpc) is 3.04. The van der Waals surface area contributed by atoms with Gasteiger partial charge in [0.25, 0.3) is 0 Å². The van der Waals surface area contributed by atoms with Crippen molar-refractivity contribution >= 4 is 16.3 Å². The molecule has 0 spiro atoms. The maximum absolute atomic E-state index is 9.71. The SMILES string of the molecule is COc1cccc(-c2nn3c(CO)c(C(C)(C)C)nc3s2)c1. The van der Waals surface area contributed by atoms with E-state index in [1.165, 1.54) is 11.3 Å². The van der Waals surface area contributed by atoms with E-state index in [9.17, 15) is 5.11 Å². The first-order valence-electron chi connectivity index (χ1n) is 7.08. The van der Waals surface area contributed by atoms with Crippen LogP contribution < -0.4 is 4.74 Å². The van der Waals surface area contributed by atoms with Gasteiger partial charge in [0.2, 0.25) is 4.96 Å². The number of hydrogen-bond acceptors (Lipinski definition) is 5. The Morgan fingerprint density at radius 2 is 2.09 bits per heavy atom. The zero-order valence-corrected chi connectivity index (χ0v) is 13.9. The van der Waals surface area contributed by atoms with Gasteiger partial charge in [-0.15, -0.1) is 0 Å². The molecule has 3 rings (SSSR count). The molecule has 116 valence electrons. The molecule has 1 N–H and O–H groups in total. The number of hydrogen-bond donors (Lipinski definition) is 1. The second-order valence-corrected chi connectivity index (χ2v) is 7.10. The highest BCUT2D eigenvalue weighted by Crippen LogP contribution is 2.32. The zero-order chi connectivity index (χ0) is 15.9. The summed E-state index contributed by atoms with van der Waals surface area (Å²) >= 11 is 1.51. The molecule has 6 heteroatoms. The minimum absolute atomic E-state index is 0.0744. The molecule has 0 saturated carbocycles. The second-order valence-electron chi connectivity index (χ2n) is 6.15. The van der Waals surface area contributed by atoms with Crippen LogP contribution in [0.5, 0.6) is 5.75 Å². The number of aromatic nitrogens is 3. The lowest BCUT2D eigenvalue weighted by Gasteiger charge is -2.16. The average molecular weight is 317 g/mol. The number of imidazole rings is 1. The predicted octanol–water partition coefficient (Wildman–Crippen LogP) is 3.26. The van der Waals surface area contributed by atoms with Crippen molar-refractivity contribution in [2.45, 2.75) is 32.8 Å². The summed E-state index contributed by atoms with van der Waals surface area (Å²) in [6.07, 6.45) is 0. The summed E-state index contributed by atoms with van der Waals surface area (Å²) in [4.78, 5) is 5.47. The Balaban J connectivity index is 2.13. The number of nitrogens with zero attached hydrogens (tertiary/aromatic N) is 3. The lowest BCUT2D eigenvalue weighted by atomic mass is 9.91. The van der Waals surface area contributed by atoms with Gasteiger partial charge in [-0.3, -0.25) is 0 Å². The normalized spacial score (nSPS) is 12.0. The quantitative estimate of drug-likeness (QED) is 0.805. The summed E-state index contributed by atoms with van der Waals surface area (Å²) in [7, 11) is 1.65. The fourth-order valence-corrected chi connectivity index (χ4v) is 3.32. The van der Waals surface area contributed by atoms with Gasteiger partial charge >= 0.3 is 0 Å². The topological polar surface area (TPSA) is 59.7 Å². The van der Waals surface area contributed by atoms with E-state index >= 15 is 0 Å². The number of rotatable bonds is 3. The van der Waals surface area contributed by atoms with Crippen LogP contribution in [0.3, 0.4) is 0 Å². The van der Waals surface area contributed by atoms with Crippen LogP contribution in [-0.4, -0.2) is 26.8 Å². The predicted molar refractivity (Wildman–Crippen MR) is 87.5 cm³/mol. The molecular weight excluding hydrogens is 298 g/mol. The molecule has 0 atom stereocenters. The Bertz CT molecular complexity index is 815. The van der Waals surface area contributed by atoms with Crippen molar-refractivity contribution in [2.75, 3.05) is 7.11 Å². The first-order chi connectivity index (χ1) is 10.4. The lowest BCUT2D eigenvalue weighted by molar-refractivity contribution is 0.270. The van der Waals surface area contributed by atoms with Crippen LogP contribution in [-0.2, 0) is 12.0 Å². The summed E-state index contributed by atoms with van der Waals surface area (Å²) in [5.74, 6) is 0.795. The standard InChI is InChI=1S/C16H19N3O2S/c1-16(2,3)13-12(9-20)19-15(17-13)22-14(18-19)10-6-5-7-11(8-10)21-4/h5-8,20H,9H2,1-4H3. The van der Waals surface area contributed by atoms with Gasteiger partial charge in [-0.25, -0.2) is 9.50 Å². The van der Waals surface area contributed by atoms with Crippen molar-refractivity contribution in [3.63, 3.8) is 0 Å². The van der Waals surface area contributed by atoms with Gasteiger partial charge in [0.1, 0.15) is 10.8 Å². The number of benzene rings is 1. The maximum Gasteiger partial charge on any atom is 0.213 e. The van der Waals surface area contributed by atoms with E-state index in [0.717, 1.165) is 32.7 Å². The molecule has 2 aromatic heterocycles. The Hall–Kier alpha value is -1.92. The fourth-order valence-electron chi connectivity index (χ4n) is 2.41. The Morgan fingerprint density at radius 3 is 2.73 bits per heavy atom. The van der Waals surface area contributed by atoms with Gasteiger partial charge in [-0.05, 0) is 12.1 Å². The molecular formula is C16H19N3O2S. The Kier molecular flexibility index (Phi) is 3.66. The molecule has 3 aromatic rings. The smallest absolute Gasteiger partial charge is 0.213 e. The molecule has 22 heavy (non-hydrogen) atoms. The minimum Gasteiger partial charge on any atom is -0.497 e. The fraction of sp³-hybridized carbons (Fsp3) is 0.375. The van der Waals surface area contributed by atoms with Gasteiger partial charge in [0.05, 0.1) is 25.1 Å². The number of ether oxygens (including phenoxy) is 1. The molecule has 2 heterocycles. The summed E-state index contributed by atoms with van der Waals surface area (Å²) in [6.45, 7) is 6.18. The highest BCUT2D eigenvalue weighted by atomic mass is 32.1. The number of aliphatic hydroxyl groups excluding tert-OH is 1. The van der Waals surface area contributed by atoms with E-state index < -0.39 is 0 Å². The third-order valence-corrected chi connectivity index (χ3v) is 4.43. The monoisotopic (exact) mass is 317 g/mol. The van der Waals surface area contributed by atoms with E-state index in [2.05, 4.69) is 30.9 Å². The Morgan fingerprint density at radius 1 is 1.32 bits per heavy atom. The van der Waals surface area contributed by atoms with E-state index in [4.69, 9.17) is 4.74 Å². The molecule has 0 aliphatic heterocycles. The van der Waals surface area contributed by atoms with Gasteiger partial charge in [0.15, 0.2) is 0 Å². The van der Waals surface area contributed by atoms with E-state index in [0.29, 0.717) is 0 Å². The van der Waals surface area contributed by atoms with E-state index in [-0.39, 0.29) is 12.0 Å². The first kappa shape index (κ1) is 15.0. The third kappa shape index (κ3) is 2.48. The number of fused-ring (bicyclic) bond motifs is 1. The molecule has 0 aliphatic rings. The molecule has 1 aromatic carbocycles. The van der Waals surface area contributed by atoms with Crippen molar-refractivity contribution < 1.29 is 9.84 Å². The van der Waals surface area contributed by atoms with Crippen molar-refractivity contribution in [1.29, 1.82) is 0 Å². The van der Waals surface area contributed by atoms with Crippen LogP contribution in [0.2, 0.25) is 0 Å². The van der Waals surface area contributed by atoms with Gasteiger partial charge in [0, 0.05) is 11.0 Å². The van der Waals surface area contributed by atoms with Gasteiger partial charge in [-0.1, -0.05) is 44.2 Å². The van der Waals surface area contributed by atoms with E-state index in [1.54, 1.807) is 11.6 Å². The van der Waals surface area contributed by atoms with Crippen LogP contribution in [0.4, 0.5) is 0 Å². The molecule has 0 saturated heterocycles. The zero-order valence-electron chi connectivity index (χ0n) is 13.1. The van der Waals surface area contributed by atoms with Gasteiger partial charge in [-0.2, -0.15) is 5.10 Å². The summed E-state index contributed by atoms with van der Waals surface area (Å²) < 4.78 is 7.01. The minimum atomic E-state index is -0.123. The number of aliphatic hydroxyl groups is 1. The Labute approximate surface area is 133 Å². The third-order valence-electron chi connectivity index (χ3n) is 3.47. The maximum atomic E-state index is 9.71. The molecule has 0 amide bonds. The van der Waals surface area contributed by atoms with Crippen molar-refractivity contribution in [3.05, 3.63) is 35.7 Å². The summed E-state index contributed by atoms with van der Waals surface area (Å²) in [6, 6.07) is 7.77. The first-order valence-corrected chi connectivity index (χ1v) is 7.90. The van der Waals surface area contributed by atoms with Crippen molar-refractivity contribution in [3.8, 4) is 16.3 Å². The lowest BCUT2D eigenvalue weighted by Crippen LogP contribution is -2.15. The second kappa shape index (κ2) is 5.37. The molecule has 0 bridgehead atoms. The summed E-state index contributed by atoms with van der Waals surface area (Å²) in [5.41, 5.74) is 2.51. The van der Waals surface area contributed by atoms with Crippen LogP contribution in [0, 0.1) is 0 Å². The molecule has 0 fully saturated rings. The molecule has 5 nitrogen and oxygen atoms in total. The molecule has 0 radical (unpaired) electrons. The van der Waals surface area contributed by atoms with Gasteiger partial charge < -0.3 is 9.84 Å². The summed E-state index contributed by atoms with van der Waals surface area (Å²) in [5, 5.41) is 15.2. The largest absolute Gasteiger partial charge is 0.497 e.